The largest absolute Gasteiger partial charge is 0.0616 e. The third-order valence-corrected chi connectivity index (χ3v) is 9.67. The van der Waals surface area contributed by atoms with E-state index < -0.39 is 0 Å². The molecule has 0 saturated heterocycles. The smallest absolute Gasteiger partial charge is 0.00201 e. The van der Waals surface area contributed by atoms with Crippen molar-refractivity contribution in [3.63, 3.8) is 0 Å². The summed E-state index contributed by atoms with van der Waals surface area (Å²) in [6, 6.07) is 66.1. The van der Waals surface area contributed by atoms with E-state index in [4.69, 9.17) is 0 Å². The van der Waals surface area contributed by atoms with E-state index >= 15 is 0 Å². The molecule has 0 saturated carbocycles. The van der Waals surface area contributed by atoms with Gasteiger partial charge >= 0.3 is 0 Å². The van der Waals surface area contributed by atoms with Crippen LogP contribution in [0.2, 0.25) is 0 Å². The molecule has 48 heavy (non-hydrogen) atoms. The normalized spacial score (nSPS) is 11.7. The van der Waals surface area contributed by atoms with Crippen molar-refractivity contribution >= 4 is 55.2 Å². The molecule has 9 rings (SSSR count). The first-order valence-electron chi connectivity index (χ1n) is 16.6. The van der Waals surface area contributed by atoms with Crippen LogP contribution in [0.5, 0.6) is 0 Å². The molecular weight excluding hydrogens is 577 g/mol. The molecule has 0 heteroatoms. The van der Waals surface area contributed by atoms with E-state index in [1.165, 1.54) is 87.6 Å². The fourth-order valence-corrected chi connectivity index (χ4v) is 7.38. The summed E-state index contributed by atoms with van der Waals surface area (Å²) >= 11 is 0. The Hall–Kier alpha value is -6.24. The maximum absolute atomic E-state index is 2.28. The van der Waals surface area contributed by atoms with Crippen molar-refractivity contribution in [3.8, 4) is 33.4 Å². The lowest BCUT2D eigenvalue weighted by atomic mass is 9.84. The molecule has 0 unspecified atom stereocenters. The van der Waals surface area contributed by atoms with Crippen molar-refractivity contribution in [2.45, 2.75) is 0 Å². The summed E-state index contributed by atoms with van der Waals surface area (Å²) < 4.78 is 0. The number of benzene rings is 9. The van der Waals surface area contributed by atoms with Crippen molar-refractivity contribution in [1.82, 2.24) is 0 Å². The monoisotopic (exact) mass is 608 g/mol. The Kier molecular flexibility index (Phi) is 6.91. The molecule has 0 nitrogen and oxygen atoms in total. The van der Waals surface area contributed by atoms with Gasteiger partial charge in [0.25, 0.3) is 0 Å². The number of hydrogen-bond donors (Lipinski definition) is 0. The van der Waals surface area contributed by atoms with Crippen LogP contribution in [-0.2, 0) is 0 Å². The Morgan fingerprint density at radius 1 is 0.250 bits per heavy atom. The third kappa shape index (κ3) is 4.87. The van der Waals surface area contributed by atoms with Gasteiger partial charge < -0.3 is 0 Å². The zero-order valence-electron chi connectivity index (χ0n) is 26.5. The molecule has 9 aromatic carbocycles. The van der Waals surface area contributed by atoms with Crippen molar-refractivity contribution < 1.29 is 0 Å². The lowest BCUT2D eigenvalue weighted by molar-refractivity contribution is 1.62. The molecule has 0 atom stereocenters. The molecular formula is C48H32. The Labute approximate surface area is 280 Å². The molecule has 0 amide bonds. The first-order chi connectivity index (χ1) is 23.8. The Morgan fingerprint density at radius 3 is 1.15 bits per heavy atom. The molecule has 224 valence electrons. The minimum absolute atomic E-state index is 1.18. The zero-order chi connectivity index (χ0) is 31.9. The number of rotatable bonds is 5. The number of fused-ring (bicyclic) bond motifs is 4. The Balaban J connectivity index is 1.08. The fourth-order valence-electron chi connectivity index (χ4n) is 7.38. The van der Waals surface area contributed by atoms with E-state index in [1.807, 2.05) is 0 Å². The fraction of sp³-hybridized carbons (Fsp3) is 0. The predicted molar refractivity (Wildman–Crippen MR) is 208 cm³/mol. The average Bonchev–Trinajstić information content (AvgIpc) is 3.16. The molecule has 0 fully saturated rings. The van der Waals surface area contributed by atoms with E-state index in [-0.39, 0.29) is 0 Å². The van der Waals surface area contributed by atoms with Gasteiger partial charge in [-0.2, -0.15) is 0 Å². The van der Waals surface area contributed by atoms with Gasteiger partial charge in [-0.3, -0.25) is 0 Å². The second-order valence-corrected chi connectivity index (χ2v) is 12.5. The van der Waals surface area contributed by atoms with E-state index in [0.29, 0.717) is 0 Å². The molecule has 0 spiro atoms. The quantitative estimate of drug-likeness (QED) is 0.135. The van der Waals surface area contributed by atoms with Crippen LogP contribution in [0.1, 0.15) is 11.1 Å². The third-order valence-electron chi connectivity index (χ3n) is 9.67. The highest BCUT2D eigenvalue weighted by Crippen LogP contribution is 2.45. The predicted octanol–water partition coefficient (Wildman–Crippen LogP) is 13.5. The van der Waals surface area contributed by atoms with Gasteiger partial charge in [0.2, 0.25) is 0 Å². The SMILES string of the molecule is C(=Cc1ccc(-c2c3ccccc3c(-c3cccc4ccccc34)c3ccccc23)cc1)c1ccc(-c2cccc3ccccc23)cc1. The van der Waals surface area contributed by atoms with Crippen LogP contribution >= 0.6 is 0 Å². The molecule has 0 aliphatic heterocycles. The summed E-state index contributed by atoms with van der Waals surface area (Å²) in [7, 11) is 0. The Bertz CT molecular complexity index is 2570. The summed E-state index contributed by atoms with van der Waals surface area (Å²) in [5, 5.41) is 10.2. The summed E-state index contributed by atoms with van der Waals surface area (Å²) in [6.45, 7) is 0. The molecule has 0 aliphatic rings. The summed E-state index contributed by atoms with van der Waals surface area (Å²) in [5.41, 5.74) is 9.95. The average molecular weight is 609 g/mol. The highest BCUT2D eigenvalue weighted by molar-refractivity contribution is 6.23. The minimum atomic E-state index is 1.18. The molecule has 9 aromatic rings. The molecule has 0 aliphatic carbocycles. The van der Waals surface area contributed by atoms with Gasteiger partial charge in [-0.1, -0.05) is 194 Å². The van der Waals surface area contributed by atoms with Crippen LogP contribution in [0.4, 0.5) is 0 Å². The second kappa shape index (κ2) is 11.8. The van der Waals surface area contributed by atoms with Crippen LogP contribution in [-0.4, -0.2) is 0 Å². The summed E-state index contributed by atoms with van der Waals surface area (Å²) in [6.07, 6.45) is 4.40. The van der Waals surface area contributed by atoms with Gasteiger partial charge in [-0.25, -0.2) is 0 Å². The molecule has 0 bridgehead atoms. The summed E-state index contributed by atoms with van der Waals surface area (Å²) in [4.78, 5) is 0. The molecule has 0 heterocycles. The van der Waals surface area contributed by atoms with Crippen molar-refractivity contribution in [2.24, 2.45) is 0 Å². The lowest BCUT2D eigenvalue weighted by Gasteiger charge is -2.18. The van der Waals surface area contributed by atoms with Gasteiger partial charge in [0.15, 0.2) is 0 Å². The van der Waals surface area contributed by atoms with Crippen molar-refractivity contribution in [1.29, 1.82) is 0 Å². The van der Waals surface area contributed by atoms with Crippen LogP contribution in [0.3, 0.4) is 0 Å². The lowest BCUT2D eigenvalue weighted by Crippen LogP contribution is -1.91. The van der Waals surface area contributed by atoms with Gasteiger partial charge in [0.05, 0.1) is 0 Å². The van der Waals surface area contributed by atoms with E-state index in [0.717, 1.165) is 0 Å². The minimum Gasteiger partial charge on any atom is -0.0616 e. The van der Waals surface area contributed by atoms with Crippen LogP contribution in [0.15, 0.2) is 182 Å². The van der Waals surface area contributed by atoms with Crippen LogP contribution in [0, 0.1) is 0 Å². The zero-order valence-corrected chi connectivity index (χ0v) is 26.5. The number of hydrogen-bond acceptors (Lipinski definition) is 0. The van der Waals surface area contributed by atoms with Crippen LogP contribution < -0.4 is 0 Å². The van der Waals surface area contributed by atoms with E-state index in [1.54, 1.807) is 0 Å². The molecule has 0 aromatic heterocycles. The van der Waals surface area contributed by atoms with E-state index in [9.17, 15) is 0 Å². The first-order valence-corrected chi connectivity index (χ1v) is 16.6. The van der Waals surface area contributed by atoms with Crippen LogP contribution in [0.25, 0.3) is 88.6 Å². The first kappa shape index (κ1) is 28.0. The summed E-state index contributed by atoms with van der Waals surface area (Å²) in [5.74, 6) is 0. The topological polar surface area (TPSA) is 0 Å². The van der Waals surface area contributed by atoms with Crippen molar-refractivity contribution in [3.05, 3.63) is 193 Å². The van der Waals surface area contributed by atoms with E-state index in [2.05, 4.69) is 194 Å². The molecule has 0 N–H and O–H groups in total. The highest BCUT2D eigenvalue weighted by Gasteiger charge is 2.17. The van der Waals surface area contributed by atoms with Gasteiger partial charge in [-0.15, -0.1) is 0 Å². The maximum Gasteiger partial charge on any atom is -0.00201 e. The Morgan fingerprint density at radius 2 is 0.625 bits per heavy atom. The maximum atomic E-state index is 2.28. The van der Waals surface area contributed by atoms with Gasteiger partial charge in [0, 0.05) is 0 Å². The van der Waals surface area contributed by atoms with Crippen molar-refractivity contribution in [2.75, 3.05) is 0 Å². The molecule has 0 radical (unpaired) electrons. The standard InChI is InChI=1S/C48H32/c1-3-15-39-35(11-1)13-9-21-40(39)37-29-25-33(26-30-37)23-24-34-27-31-38(32-28-34)47-43-17-5-7-19-45(43)48(46-20-8-6-18-44(46)47)42-22-10-14-36-12-2-4-16-41(36)42/h1-32H. The highest BCUT2D eigenvalue weighted by atomic mass is 14.2. The second-order valence-electron chi connectivity index (χ2n) is 12.5. The van der Waals surface area contributed by atoms with Gasteiger partial charge in [0.1, 0.15) is 0 Å². The van der Waals surface area contributed by atoms with Gasteiger partial charge in [-0.05, 0) is 87.6 Å².